The maximum atomic E-state index is 12.0. The topological polar surface area (TPSA) is 45.9 Å². The molecule has 1 aliphatic heterocycles. The predicted octanol–water partition coefficient (Wildman–Crippen LogP) is 1.52. The van der Waals surface area contributed by atoms with Crippen LogP contribution in [0.5, 0.6) is 0 Å². The van der Waals surface area contributed by atoms with Crippen molar-refractivity contribution >= 4 is 6.09 Å². The summed E-state index contributed by atoms with van der Waals surface area (Å²) in [6, 6.07) is 9.50. The van der Waals surface area contributed by atoms with Crippen molar-refractivity contribution in [2.75, 3.05) is 26.2 Å². The summed E-state index contributed by atoms with van der Waals surface area (Å²) in [5.74, 6) is 0. The first-order valence-electron chi connectivity index (χ1n) is 6.32. The Hall–Kier alpha value is -2.06. The lowest BCUT2D eigenvalue weighted by molar-refractivity contribution is 0.0753. The average Bonchev–Trinajstić information content (AvgIpc) is 2.47. The van der Waals surface area contributed by atoms with Crippen LogP contribution in [0.4, 0.5) is 4.79 Å². The monoisotopic (exact) mass is 259 g/mol. The molecule has 100 valence electrons. The van der Waals surface area contributed by atoms with Gasteiger partial charge in [-0.15, -0.1) is 0 Å². The first-order chi connectivity index (χ1) is 9.31. The lowest BCUT2D eigenvalue weighted by Gasteiger charge is -2.32. The van der Waals surface area contributed by atoms with Crippen molar-refractivity contribution in [2.45, 2.75) is 12.6 Å². The predicted molar refractivity (Wildman–Crippen MR) is 71.5 cm³/mol. The van der Waals surface area contributed by atoms with E-state index in [9.17, 15) is 4.79 Å². The Kier molecular flexibility index (Phi) is 4.76. The number of rotatable bonds is 3. The zero-order chi connectivity index (χ0) is 13.5. The van der Waals surface area contributed by atoms with E-state index in [1.54, 1.807) is 4.90 Å². The average molecular weight is 259 g/mol. The van der Waals surface area contributed by atoms with Crippen molar-refractivity contribution in [3.8, 4) is 0 Å². The summed E-state index contributed by atoms with van der Waals surface area (Å²) in [5, 5.41) is 3.19. The zero-order valence-corrected chi connectivity index (χ0v) is 10.7. The Balaban J connectivity index is 1.89. The first kappa shape index (κ1) is 13.4. The third kappa shape index (κ3) is 3.70. The van der Waals surface area contributed by atoms with E-state index in [1.807, 2.05) is 30.3 Å². The second-order valence-corrected chi connectivity index (χ2v) is 4.43. The Morgan fingerprint density at radius 3 is 3.00 bits per heavy atom. The Bertz CT molecular complexity index is 456. The fraction of sp³-hybridized carbons (Fsp3) is 0.429. The van der Waals surface area contributed by atoms with Crippen LogP contribution in [0, 0.1) is 6.57 Å². The summed E-state index contributed by atoms with van der Waals surface area (Å²) >= 11 is 0. The number of piperazine rings is 1. The van der Waals surface area contributed by atoms with E-state index in [-0.39, 0.29) is 18.7 Å². The highest BCUT2D eigenvalue weighted by molar-refractivity contribution is 5.68. The van der Waals surface area contributed by atoms with Crippen molar-refractivity contribution in [3.63, 3.8) is 0 Å². The minimum Gasteiger partial charge on any atom is -0.445 e. The van der Waals surface area contributed by atoms with Crippen LogP contribution in [-0.2, 0) is 11.3 Å². The molecule has 19 heavy (non-hydrogen) atoms. The molecule has 0 spiro atoms. The van der Waals surface area contributed by atoms with Crippen LogP contribution in [0.25, 0.3) is 4.85 Å². The van der Waals surface area contributed by atoms with Crippen molar-refractivity contribution in [3.05, 3.63) is 47.3 Å². The SMILES string of the molecule is [C-]#[N+]C[C@@H]1CNCCN1C(=O)OCc1ccccc1. The fourth-order valence-electron chi connectivity index (χ4n) is 2.07. The van der Waals surface area contributed by atoms with Crippen LogP contribution in [0.15, 0.2) is 30.3 Å². The number of amides is 1. The maximum absolute atomic E-state index is 12.0. The molecule has 1 aliphatic rings. The Morgan fingerprint density at radius 1 is 1.47 bits per heavy atom. The number of ether oxygens (including phenoxy) is 1. The van der Waals surface area contributed by atoms with E-state index in [1.165, 1.54) is 0 Å². The number of nitrogens with zero attached hydrogens (tertiary/aromatic N) is 2. The molecule has 1 N–H and O–H groups in total. The summed E-state index contributed by atoms with van der Waals surface area (Å²) in [4.78, 5) is 17.1. The number of carbonyl (C=O) groups excluding carboxylic acids is 1. The zero-order valence-electron chi connectivity index (χ0n) is 10.7. The van der Waals surface area contributed by atoms with Gasteiger partial charge in [-0.2, -0.15) is 0 Å². The molecule has 1 aromatic carbocycles. The van der Waals surface area contributed by atoms with Crippen LogP contribution in [-0.4, -0.2) is 43.2 Å². The van der Waals surface area contributed by atoms with Gasteiger partial charge in [0.2, 0.25) is 6.54 Å². The van der Waals surface area contributed by atoms with Crippen molar-refractivity contribution in [1.29, 1.82) is 0 Å². The molecule has 0 unspecified atom stereocenters. The van der Waals surface area contributed by atoms with E-state index in [0.29, 0.717) is 19.6 Å². The van der Waals surface area contributed by atoms with Crippen LogP contribution < -0.4 is 5.32 Å². The summed E-state index contributed by atoms with van der Waals surface area (Å²) in [6.45, 7) is 9.50. The Morgan fingerprint density at radius 2 is 2.26 bits per heavy atom. The van der Waals surface area contributed by atoms with Crippen molar-refractivity contribution in [1.82, 2.24) is 10.2 Å². The van der Waals surface area contributed by atoms with Gasteiger partial charge < -0.3 is 14.9 Å². The van der Waals surface area contributed by atoms with Crippen LogP contribution in [0.3, 0.4) is 0 Å². The highest BCUT2D eigenvalue weighted by atomic mass is 16.6. The molecular formula is C14H17N3O2. The third-order valence-electron chi connectivity index (χ3n) is 3.09. The van der Waals surface area contributed by atoms with Gasteiger partial charge in [0.1, 0.15) is 12.6 Å². The molecule has 0 radical (unpaired) electrons. The molecule has 5 heteroatoms. The van der Waals surface area contributed by atoms with Gasteiger partial charge in [0.25, 0.3) is 0 Å². The van der Waals surface area contributed by atoms with Gasteiger partial charge in [-0.1, -0.05) is 30.3 Å². The smallest absolute Gasteiger partial charge is 0.410 e. The van der Waals surface area contributed by atoms with Crippen LogP contribution >= 0.6 is 0 Å². The van der Waals surface area contributed by atoms with Crippen LogP contribution in [0.2, 0.25) is 0 Å². The second kappa shape index (κ2) is 6.76. The standard InChI is InChI=1S/C14H17N3O2/c1-15-9-13-10-16-7-8-17(13)14(18)19-11-12-5-3-2-4-6-12/h2-6,13,16H,7-11H2/t13-/m1/s1. The highest BCUT2D eigenvalue weighted by Gasteiger charge is 2.29. The molecule has 0 bridgehead atoms. The molecule has 1 amide bonds. The second-order valence-electron chi connectivity index (χ2n) is 4.43. The quantitative estimate of drug-likeness (QED) is 0.837. The lowest BCUT2D eigenvalue weighted by atomic mass is 10.2. The fourth-order valence-corrected chi connectivity index (χ4v) is 2.07. The van der Waals surface area contributed by atoms with E-state index in [0.717, 1.165) is 12.1 Å². The number of hydrogen-bond acceptors (Lipinski definition) is 3. The van der Waals surface area contributed by atoms with E-state index < -0.39 is 0 Å². The minimum absolute atomic E-state index is 0.0884. The normalized spacial score (nSPS) is 18.7. The van der Waals surface area contributed by atoms with Gasteiger partial charge in [0.15, 0.2) is 0 Å². The molecule has 1 atom stereocenters. The summed E-state index contributed by atoms with van der Waals surface area (Å²) in [5.41, 5.74) is 0.965. The van der Waals surface area contributed by atoms with E-state index >= 15 is 0 Å². The molecule has 1 saturated heterocycles. The van der Waals surface area contributed by atoms with Crippen molar-refractivity contribution < 1.29 is 9.53 Å². The molecular weight excluding hydrogens is 242 g/mol. The first-order valence-corrected chi connectivity index (χ1v) is 6.32. The number of nitrogens with one attached hydrogen (secondary N) is 1. The largest absolute Gasteiger partial charge is 0.445 e. The van der Waals surface area contributed by atoms with Gasteiger partial charge in [0.05, 0.1) is 0 Å². The molecule has 5 nitrogen and oxygen atoms in total. The van der Waals surface area contributed by atoms with E-state index in [4.69, 9.17) is 11.3 Å². The van der Waals surface area contributed by atoms with Gasteiger partial charge in [-0.25, -0.2) is 11.4 Å². The summed E-state index contributed by atoms with van der Waals surface area (Å²) in [7, 11) is 0. The lowest BCUT2D eigenvalue weighted by Crippen LogP contribution is -2.54. The Labute approximate surface area is 113 Å². The summed E-state index contributed by atoms with van der Waals surface area (Å²) in [6.07, 6.45) is -0.334. The maximum Gasteiger partial charge on any atom is 0.410 e. The molecule has 0 aliphatic carbocycles. The van der Waals surface area contributed by atoms with Gasteiger partial charge in [0, 0.05) is 19.6 Å². The van der Waals surface area contributed by atoms with Gasteiger partial charge >= 0.3 is 6.09 Å². The molecule has 1 heterocycles. The molecule has 1 fully saturated rings. The number of carbonyl (C=O) groups is 1. The highest BCUT2D eigenvalue weighted by Crippen LogP contribution is 2.09. The van der Waals surface area contributed by atoms with Crippen LogP contribution in [0.1, 0.15) is 5.56 Å². The molecule has 1 aromatic rings. The third-order valence-corrected chi connectivity index (χ3v) is 3.09. The molecule has 0 aromatic heterocycles. The van der Waals surface area contributed by atoms with Gasteiger partial charge in [-0.05, 0) is 5.56 Å². The minimum atomic E-state index is -0.334. The van der Waals surface area contributed by atoms with Crippen molar-refractivity contribution in [2.24, 2.45) is 0 Å². The summed E-state index contributed by atoms with van der Waals surface area (Å²) < 4.78 is 5.30. The van der Waals surface area contributed by atoms with E-state index in [2.05, 4.69) is 10.2 Å². The van der Waals surface area contributed by atoms with Gasteiger partial charge in [-0.3, -0.25) is 4.90 Å². The molecule has 0 saturated carbocycles. The number of benzene rings is 1. The number of hydrogen-bond donors (Lipinski definition) is 1. The molecule has 2 rings (SSSR count).